The molecule has 1 aromatic heterocycles. The van der Waals surface area contributed by atoms with Gasteiger partial charge < -0.3 is 10.4 Å². The SMILES string of the molecule is Cc1cc(Nc2cc(F)c(F)cc2F)c(C(=O)O)cn1. The first kappa shape index (κ1) is 13.9. The maximum Gasteiger partial charge on any atom is 0.339 e. The highest BCUT2D eigenvalue weighted by atomic mass is 19.2. The number of aryl methyl sites for hydroxylation is 1. The number of aromatic nitrogens is 1. The molecule has 0 aliphatic heterocycles. The van der Waals surface area contributed by atoms with E-state index in [-0.39, 0.29) is 16.9 Å². The smallest absolute Gasteiger partial charge is 0.339 e. The Morgan fingerprint density at radius 3 is 2.40 bits per heavy atom. The van der Waals surface area contributed by atoms with E-state index in [9.17, 15) is 18.0 Å². The van der Waals surface area contributed by atoms with Gasteiger partial charge in [0.2, 0.25) is 0 Å². The summed E-state index contributed by atoms with van der Waals surface area (Å²) in [6, 6.07) is 2.36. The summed E-state index contributed by atoms with van der Waals surface area (Å²) in [5, 5.41) is 11.4. The van der Waals surface area contributed by atoms with Gasteiger partial charge in [0, 0.05) is 24.0 Å². The fourth-order valence-electron chi connectivity index (χ4n) is 1.60. The van der Waals surface area contributed by atoms with Gasteiger partial charge in [0.05, 0.1) is 11.4 Å². The zero-order valence-corrected chi connectivity index (χ0v) is 10.2. The minimum atomic E-state index is -1.32. The highest BCUT2D eigenvalue weighted by molar-refractivity contribution is 5.94. The van der Waals surface area contributed by atoms with Crippen LogP contribution in [0.5, 0.6) is 0 Å². The number of nitrogens with zero attached hydrogens (tertiary/aromatic N) is 1. The lowest BCUT2D eigenvalue weighted by Crippen LogP contribution is -2.06. The predicted octanol–water partition coefficient (Wildman–Crippen LogP) is 3.25. The summed E-state index contributed by atoms with van der Waals surface area (Å²) < 4.78 is 39.4. The van der Waals surface area contributed by atoms with Crippen molar-refractivity contribution in [1.29, 1.82) is 0 Å². The number of carboxylic acid groups (broad SMARTS) is 1. The van der Waals surface area contributed by atoms with Gasteiger partial charge in [-0.3, -0.25) is 4.98 Å². The van der Waals surface area contributed by atoms with Crippen molar-refractivity contribution in [3.63, 3.8) is 0 Å². The van der Waals surface area contributed by atoms with Crippen LogP contribution in [0.4, 0.5) is 24.5 Å². The van der Waals surface area contributed by atoms with E-state index in [0.29, 0.717) is 17.8 Å². The van der Waals surface area contributed by atoms with Gasteiger partial charge in [-0.1, -0.05) is 0 Å². The Labute approximate surface area is 111 Å². The predicted molar refractivity (Wildman–Crippen MR) is 65.5 cm³/mol. The van der Waals surface area contributed by atoms with E-state index in [1.54, 1.807) is 6.92 Å². The molecule has 0 unspecified atom stereocenters. The molecule has 0 bridgehead atoms. The van der Waals surface area contributed by atoms with Crippen molar-refractivity contribution in [3.8, 4) is 0 Å². The van der Waals surface area contributed by atoms with Crippen LogP contribution in [-0.2, 0) is 0 Å². The largest absolute Gasteiger partial charge is 0.478 e. The Morgan fingerprint density at radius 2 is 1.75 bits per heavy atom. The average Bonchev–Trinajstić information content (AvgIpc) is 2.35. The van der Waals surface area contributed by atoms with Crippen molar-refractivity contribution < 1.29 is 23.1 Å². The van der Waals surface area contributed by atoms with Crippen molar-refractivity contribution in [3.05, 3.63) is 53.1 Å². The Hall–Kier alpha value is -2.57. The minimum Gasteiger partial charge on any atom is -0.478 e. The number of hydrogen-bond donors (Lipinski definition) is 2. The highest BCUT2D eigenvalue weighted by Crippen LogP contribution is 2.25. The first-order chi connectivity index (χ1) is 9.38. The first-order valence-electron chi connectivity index (χ1n) is 5.50. The Morgan fingerprint density at radius 1 is 1.10 bits per heavy atom. The van der Waals surface area contributed by atoms with Crippen LogP contribution in [0.1, 0.15) is 16.1 Å². The monoisotopic (exact) mass is 282 g/mol. The number of carboxylic acids is 1. The fraction of sp³-hybridized carbons (Fsp3) is 0.0769. The maximum atomic E-state index is 13.5. The van der Waals surface area contributed by atoms with Crippen molar-refractivity contribution in [2.75, 3.05) is 5.32 Å². The molecule has 2 rings (SSSR count). The molecule has 1 heterocycles. The summed E-state index contributed by atoms with van der Waals surface area (Å²) in [6.45, 7) is 1.61. The third kappa shape index (κ3) is 2.71. The van der Waals surface area contributed by atoms with Gasteiger partial charge in [-0.05, 0) is 13.0 Å². The van der Waals surface area contributed by atoms with Crippen LogP contribution in [0, 0.1) is 24.4 Å². The zero-order valence-electron chi connectivity index (χ0n) is 10.2. The second-order valence-electron chi connectivity index (χ2n) is 4.05. The number of carbonyl (C=O) groups is 1. The second kappa shape index (κ2) is 5.20. The molecule has 20 heavy (non-hydrogen) atoms. The van der Waals surface area contributed by atoms with Crippen molar-refractivity contribution in [2.45, 2.75) is 6.92 Å². The number of nitrogens with one attached hydrogen (secondary N) is 1. The summed E-state index contributed by atoms with van der Waals surface area (Å²) in [5.74, 6) is -4.87. The Balaban J connectivity index is 2.47. The molecule has 0 saturated heterocycles. The molecule has 0 saturated carbocycles. The number of rotatable bonds is 3. The molecule has 0 spiro atoms. The number of halogens is 3. The summed E-state index contributed by atoms with van der Waals surface area (Å²) in [4.78, 5) is 14.8. The van der Waals surface area contributed by atoms with E-state index in [4.69, 9.17) is 5.11 Å². The number of aromatic carboxylic acids is 1. The van der Waals surface area contributed by atoms with E-state index in [0.717, 1.165) is 6.20 Å². The second-order valence-corrected chi connectivity index (χ2v) is 4.05. The van der Waals surface area contributed by atoms with Gasteiger partial charge in [-0.15, -0.1) is 0 Å². The minimum absolute atomic E-state index is 0.0370. The summed E-state index contributed by atoms with van der Waals surface area (Å²) in [7, 11) is 0. The van der Waals surface area contributed by atoms with Crippen molar-refractivity contribution in [2.24, 2.45) is 0 Å². The molecular weight excluding hydrogens is 273 g/mol. The van der Waals surface area contributed by atoms with E-state index in [1.165, 1.54) is 6.07 Å². The molecule has 7 heteroatoms. The lowest BCUT2D eigenvalue weighted by Gasteiger charge is -2.11. The molecule has 0 radical (unpaired) electrons. The topological polar surface area (TPSA) is 62.2 Å². The van der Waals surface area contributed by atoms with Crippen LogP contribution in [0.15, 0.2) is 24.4 Å². The van der Waals surface area contributed by atoms with Gasteiger partial charge >= 0.3 is 5.97 Å². The maximum absolute atomic E-state index is 13.5. The molecule has 104 valence electrons. The van der Waals surface area contributed by atoms with E-state index >= 15 is 0 Å². The molecule has 0 amide bonds. The van der Waals surface area contributed by atoms with Crippen molar-refractivity contribution >= 4 is 17.3 Å². The van der Waals surface area contributed by atoms with E-state index < -0.39 is 23.4 Å². The molecule has 0 fully saturated rings. The van der Waals surface area contributed by atoms with Gasteiger partial charge in [0.15, 0.2) is 11.6 Å². The molecule has 0 atom stereocenters. The van der Waals surface area contributed by atoms with Gasteiger partial charge in [0.25, 0.3) is 0 Å². The lowest BCUT2D eigenvalue weighted by molar-refractivity contribution is 0.0697. The molecule has 0 aliphatic rings. The standard InChI is InChI=1S/C13H9F3N2O2/c1-6-2-11(7(5-17-6)13(19)20)18-12-4-9(15)8(14)3-10(12)16/h2-5H,1H3,(H,17,18)(H,19,20). The van der Waals surface area contributed by atoms with E-state index in [1.807, 2.05) is 0 Å². The molecule has 2 aromatic rings. The number of hydrogen-bond acceptors (Lipinski definition) is 3. The summed E-state index contributed by atoms with van der Waals surface area (Å²) in [5.41, 5.74) is -0.0490. The average molecular weight is 282 g/mol. The van der Waals surface area contributed by atoms with Gasteiger partial charge in [-0.2, -0.15) is 0 Å². The molecule has 2 N–H and O–H groups in total. The van der Waals surface area contributed by atoms with Gasteiger partial charge in [-0.25, -0.2) is 18.0 Å². The van der Waals surface area contributed by atoms with Crippen LogP contribution < -0.4 is 5.32 Å². The normalized spacial score (nSPS) is 10.4. The van der Waals surface area contributed by atoms with E-state index in [2.05, 4.69) is 10.3 Å². The van der Waals surface area contributed by atoms with Crippen molar-refractivity contribution in [1.82, 2.24) is 4.98 Å². The van der Waals surface area contributed by atoms with Crippen LogP contribution in [0.2, 0.25) is 0 Å². The van der Waals surface area contributed by atoms with Crippen LogP contribution in [-0.4, -0.2) is 16.1 Å². The third-order valence-corrected chi connectivity index (χ3v) is 2.55. The molecule has 1 aromatic carbocycles. The molecule has 4 nitrogen and oxygen atoms in total. The molecular formula is C13H9F3N2O2. The Kier molecular flexibility index (Phi) is 3.60. The van der Waals surface area contributed by atoms with Gasteiger partial charge in [0.1, 0.15) is 11.4 Å². The zero-order chi connectivity index (χ0) is 14.9. The number of anilines is 2. The summed E-state index contributed by atoms with van der Waals surface area (Å²) >= 11 is 0. The van der Waals surface area contributed by atoms with Crippen LogP contribution in [0.3, 0.4) is 0 Å². The van der Waals surface area contributed by atoms with Crippen LogP contribution >= 0.6 is 0 Å². The summed E-state index contributed by atoms with van der Waals surface area (Å²) in [6.07, 6.45) is 1.10. The first-order valence-corrected chi connectivity index (χ1v) is 5.50. The third-order valence-electron chi connectivity index (χ3n) is 2.55. The fourth-order valence-corrected chi connectivity index (χ4v) is 1.60. The number of benzene rings is 1. The lowest BCUT2D eigenvalue weighted by atomic mass is 10.2. The quantitative estimate of drug-likeness (QED) is 0.848. The number of pyridine rings is 1. The Bertz CT molecular complexity index is 690. The molecule has 0 aliphatic carbocycles. The highest BCUT2D eigenvalue weighted by Gasteiger charge is 2.15. The van der Waals surface area contributed by atoms with Crippen LogP contribution in [0.25, 0.3) is 0 Å².